The molecule has 1 atom stereocenters. The van der Waals surface area contributed by atoms with Crippen molar-refractivity contribution in [1.82, 2.24) is 14.9 Å². The highest BCUT2D eigenvalue weighted by Crippen LogP contribution is 2.38. The van der Waals surface area contributed by atoms with E-state index in [0.717, 1.165) is 68.5 Å². The molecule has 2 saturated heterocycles. The van der Waals surface area contributed by atoms with E-state index in [1.807, 2.05) is 19.1 Å². The normalized spacial score (nSPS) is 20.8. The van der Waals surface area contributed by atoms with E-state index in [2.05, 4.69) is 38.5 Å². The van der Waals surface area contributed by atoms with Crippen LogP contribution in [-0.4, -0.2) is 79.4 Å². The van der Waals surface area contributed by atoms with E-state index in [4.69, 9.17) is 20.2 Å². The van der Waals surface area contributed by atoms with Crippen LogP contribution in [0.3, 0.4) is 0 Å². The quantitative estimate of drug-likeness (QED) is 0.586. The van der Waals surface area contributed by atoms with Crippen molar-refractivity contribution < 1.29 is 14.3 Å². The van der Waals surface area contributed by atoms with Crippen LogP contribution < -0.4 is 26.0 Å². The first kappa shape index (κ1) is 22.7. The van der Waals surface area contributed by atoms with Crippen molar-refractivity contribution in [3.8, 4) is 5.75 Å². The number of anilines is 4. The van der Waals surface area contributed by atoms with E-state index in [-0.39, 0.29) is 11.7 Å². The Labute approximate surface area is 199 Å². The number of rotatable bonds is 6. The summed E-state index contributed by atoms with van der Waals surface area (Å²) < 4.78 is 11.6. The molecule has 182 valence electrons. The monoisotopic (exact) mass is 467 g/mol. The molecule has 4 heterocycles. The first-order valence-electron chi connectivity index (χ1n) is 12.1. The minimum absolute atomic E-state index is 0.132. The summed E-state index contributed by atoms with van der Waals surface area (Å²) in [6.45, 7) is 7.08. The maximum Gasteiger partial charge on any atom is 0.271 e. The molecule has 0 aliphatic carbocycles. The van der Waals surface area contributed by atoms with Crippen molar-refractivity contribution in [2.24, 2.45) is 5.73 Å². The van der Waals surface area contributed by atoms with Gasteiger partial charge in [-0.1, -0.05) is 6.92 Å². The number of likely N-dealkylation sites (N-methyl/N-ethyl adjacent to an activating group) is 1. The summed E-state index contributed by atoms with van der Waals surface area (Å²) >= 11 is 0. The fourth-order valence-electron chi connectivity index (χ4n) is 4.86. The molecule has 3 aliphatic rings. The summed E-state index contributed by atoms with van der Waals surface area (Å²) in [7, 11) is 2.15. The van der Waals surface area contributed by atoms with Gasteiger partial charge in [-0.25, -0.2) is 9.97 Å². The Morgan fingerprint density at radius 2 is 2.03 bits per heavy atom. The van der Waals surface area contributed by atoms with Gasteiger partial charge in [-0.2, -0.15) is 0 Å². The Balaban J connectivity index is 1.42. The second-order valence-electron chi connectivity index (χ2n) is 9.19. The molecule has 5 rings (SSSR count). The van der Waals surface area contributed by atoms with Crippen LogP contribution in [0.4, 0.5) is 23.0 Å². The third-order valence-electron chi connectivity index (χ3n) is 6.75. The Hall–Kier alpha value is -3.11. The number of hydrogen-bond acceptors (Lipinski definition) is 9. The number of nitrogens with zero attached hydrogens (tertiary/aromatic N) is 4. The molecule has 3 aliphatic heterocycles. The van der Waals surface area contributed by atoms with Gasteiger partial charge in [-0.05, 0) is 38.4 Å². The number of carbonyl (C=O) groups is 1. The van der Waals surface area contributed by atoms with E-state index < -0.39 is 5.91 Å². The number of amides is 1. The number of carbonyl (C=O) groups excluding carboxylic acids is 1. The topological polar surface area (TPSA) is 118 Å². The van der Waals surface area contributed by atoms with Crippen molar-refractivity contribution in [2.45, 2.75) is 38.3 Å². The number of piperazine rings is 1. The van der Waals surface area contributed by atoms with Crippen LogP contribution >= 0.6 is 0 Å². The van der Waals surface area contributed by atoms with Crippen LogP contribution in [0.5, 0.6) is 5.75 Å². The number of fused-ring (bicyclic) bond motifs is 3. The molecule has 2 fully saturated rings. The molecule has 10 heteroatoms. The van der Waals surface area contributed by atoms with Crippen molar-refractivity contribution in [1.29, 1.82) is 0 Å². The fraction of sp³-hybridized carbons (Fsp3) is 0.542. The highest BCUT2D eigenvalue weighted by molar-refractivity contribution is 5.96. The molecular weight excluding hydrogens is 434 g/mol. The number of nitrogens with one attached hydrogen (secondary N) is 2. The largest absolute Gasteiger partial charge is 0.489 e. The Morgan fingerprint density at radius 1 is 1.21 bits per heavy atom. The summed E-state index contributed by atoms with van der Waals surface area (Å²) in [5.74, 6) is 1.23. The maximum absolute atomic E-state index is 12.2. The zero-order valence-corrected chi connectivity index (χ0v) is 19.8. The predicted molar refractivity (Wildman–Crippen MR) is 131 cm³/mol. The summed E-state index contributed by atoms with van der Waals surface area (Å²) in [5, 5.41) is 6.76. The fourth-order valence-corrected chi connectivity index (χ4v) is 4.86. The van der Waals surface area contributed by atoms with E-state index in [0.29, 0.717) is 30.7 Å². The van der Waals surface area contributed by atoms with Gasteiger partial charge in [0.25, 0.3) is 5.91 Å². The molecular formula is C24H33N7O3. The molecule has 1 amide bonds. The lowest BCUT2D eigenvalue weighted by atomic mass is 10.1. The number of nitrogens with two attached hydrogens (primary N) is 1. The lowest BCUT2D eigenvalue weighted by Gasteiger charge is -2.44. The predicted octanol–water partition coefficient (Wildman–Crippen LogP) is 1.99. The van der Waals surface area contributed by atoms with Gasteiger partial charge in [0.1, 0.15) is 12.4 Å². The molecule has 1 aromatic carbocycles. The second-order valence-corrected chi connectivity index (χ2v) is 9.19. The third kappa shape index (κ3) is 4.60. The molecule has 0 bridgehead atoms. The number of primary amides is 1. The molecule has 1 aromatic heterocycles. The van der Waals surface area contributed by atoms with Crippen LogP contribution in [-0.2, 0) is 11.2 Å². The van der Waals surface area contributed by atoms with Gasteiger partial charge in [0, 0.05) is 50.6 Å². The molecule has 0 spiro atoms. The number of benzene rings is 1. The van der Waals surface area contributed by atoms with Gasteiger partial charge in [-0.15, -0.1) is 0 Å². The Kier molecular flexibility index (Phi) is 6.42. The smallest absolute Gasteiger partial charge is 0.271 e. The van der Waals surface area contributed by atoms with Crippen LogP contribution in [0, 0.1) is 0 Å². The van der Waals surface area contributed by atoms with Gasteiger partial charge in [0.05, 0.1) is 17.4 Å². The van der Waals surface area contributed by atoms with Crippen molar-refractivity contribution in [2.75, 3.05) is 62.0 Å². The highest BCUT2D eigenvalue weighted by Gasteiger charge is 2.32. The number of aromatic nitrogens is 2. The number of aryl methyl sites for hydroxylation is 1. The summed E-state index contributed by atoms with van der Waals surface area (Å²) in [5.41, 5.74) is 8.39. The highest BCUT2D eigenvalue weighted by atomic mass is 16.5. The SMILES string of the molecule is CCc1nc(C(N)=O)c(Nc2ccc3c(c2)OC[C@H]2CN(C)CCN32)nc1NC1CCOCC1. The van der Waals surface area contributed by atoms with Crippen LogP contribution in [0.15, 0.2) is 18.2 Å². The van der Waals surface area contributed by atoms with Gasteiger partial charge < -0.3 is 35.6 Å². The van der Waals surface area contributed by atoms with Crippen molar-refractivity contribution in [3.63, 3.8) is 0 Å². The molecule has 2 aromatic rings. The average molecular weight is 468 g/mol. The van der Waals surface area contributed by atoms with Gasteiger partial charge in [-0.3, -0.25) is 4.79 Å². The number of ether oxygens (including phenoxy) is 2. The summed E-state index contributed by atoms with van der Waals surface area (Å²) in [6.07, 6.45) is 2.44. The average Bonchev–Trinajstić information content (AvgIpc) is 2.84. The van der Waals surface area contributed by atoms with Gasteiger partial charge >= 0.3 is 0 Å². The lowest BCUT2D eigenvalue weighted by Crippen LogP contribution is -2.56. The first-order valence-corrected chi connectivity index (χ1v) is 12.1. The second kappa shape index (κ2) is 9.63. The summed E-state index contributed by atoms with van der Waals surface area (Å²) in [4.78, 5) is 26.3. The molecule has 10 nitrogen and oxygen atoms in total. The van der Waals surface area contributed by atoms with E-state index in [1.165, 1.54) is 0 Å². The van der Waals surface area contributed by atoms with Crippen LogP contribution in [0.1, 0.15) is 35.9 Å². The summed E-state index contributed by atoms with van der Waals surface area (Å²) in [6, 6.07) is 6.62. The lowest BCUT2D eigenvalue weighted by molar-refractivity contribution is 0.0903. The van der Waals surface area contributed by atoms with Crippen LogP contribution in [0.2, 0.25) is 0 Å². The van der Waals surface area contributed by atoms with E-state index in [1.54, 1.807) is 0 Å². The Morgan fingerprint density at radius 3 is 2.79 bits per heavy atom. The van der Waals surface area contributed by atoms with Crippen molar-refractivity contribution >= 4 is 28.9 Å². The minimum atomic E-state index is -0.614. The van der Waals surface area contributed by atoms with Gasteiger partial charge in [0.2, 0.25) is 0 Å². The molecule has 34 heavy (non-hydrogen) atoms. The minimum Gasteiger partial charge on any atom is -0.489 e. The van der Waals surface area contributed by atoms with E-state index >= 15 is 0 Å². The van der Waals surface area contributed by atoms with Crippen molar-refractivity contribution in [3.05, 3.63) is 29.6 Å². The molecule has 4 N–H and O–H groups in total. The van der Waals surface area contributed by atoms with E-state index in [9.17, 15) is 4.79 Å². The zero-order valence-electron chi connectivity index (χ0n) is 19.8. The first-order chi connectivity index (χ1) is 16.5. The number of hydrogen-bond donors (Lipinski definition) is 3. The standard InChI is InChI=1S/C24H33N7O3/c1-3-18-23(26-15-6-10-33-11-7-15)29-24(21(28-18)22(25)32)27-16-4-5-19-20(12-16)34-14-17-13-30(2)8-9-31(17)19/h4-5,12,15,17H,3,6-11,13-14H2,1-2H3,(H2,25,32)(H2,26,27,29)/t17-/m1/s1. The zero-order chi connectivity index (χ0) is 23.7. The molecule has 0 unspecified atom stereocenters. The molecule has 0 saturated carbocycles. The Bertz CT molecular complexity index is 1060. The maximum atomic E-state index is 12.2. The van der Waals surface area contributed by atoms with Crippen LogP contribution in [0.25, 0.3) is 0 Å². The molecule has 0 radical (unpaired) electrons. The third-order valence-corrected chi connectivity index (χ3v) is 6.75. The van der Waals surface area contributed by atoms with Gasteiger partial charge in [0.15, 0.2) is 17.3 Å².